The van der Waals surface area contributed by atoms with Crippen LogP contribution in [-0.2, 0) is 9.59 Å². The molecule has 1 aliphatic rings. The van der Waals surface area contributed by atoms with Gasteiger partial charge in [-0.3, -0.25) is 34.3 Å². The van der Waals surface area contributed by atoms with Crippen LogP contribution in [0.4, 0.5) is 10.1 Å². The molecule has 0 bridgehead atoms. The van der Waals surface area contributed by atoms with E-state index in [0.29, 0.717) is 0 Å². The Bertz CT molecular complexity index is 1430. The molecule has 0 saturated carbocycles. The van der Waals surface area contributed by atoms with E-state index in [1.807, 2.05) is 0 Å². The number of benzene rings is 2. The van der Waals surface area contributed by atoms with Crippen molar-refractivity contribution in [3.8, 4) is 0 Å². The van der Waals surface area contributed by atoms with Gasteiger partial charge in [0.15, 0.2) is 6.17 Å². The number of nitro benzene ring substituents is 1. The maximum absolute atomic E-state index is 13.8. The quantitative estimate of drug-likeness (QED) is 0.328. The Balaban J connectivity index is 1.70. The van der Waals surface area contributed by atoms with Crippen LogP contribution < -0.4 is 5.32 Å². The zero-order valence-electron chi connectivity index (χ0n) is 20.3. The van der Waals surface area contributed by atoms with E-state index in [1.165, 1.54) is 54.9 Å². The molecule has 3 aromatic rings. The number of carbonyl (C=O) groups excluding carboxylic acids is 3. The first-order valence-corrected chi connectivity index (χ1v) is 11.7. The number of non-ortho nitro benzene ring substituents is 1. The molecule has 200 valence electrons. The fourth-order valence-corrected chi connectivity index (χ4v) is 4.31. The predicted octanol–water partition coefficient (Wildman–Crippen LogP) is 2.39. The lowest BCUT2D eigenvalue weighted by Crippen LogP contribution is -2.54. The molecule has 39 heavy (non-hydrogen) atoms. The molecule has 2 N–H and O–H groups in total. The number of carboxylic acid groups (broad SMARTS) is 1. The van der Waals surface area contributed by atoms with Gasteiger partial charge in [0.1, 0.15) is 5.82 Å². The average Bonchev–Trinajstić information content (AvgIpc) is 3.37. The lowest BCUT2D eigenvalue weighted by Gasteiger charge is -2.31. The minimum atomic E-state index is -1.52. The second kappa shape index (κ2) is 11.5. The van der Waals surface area contributed by atoms with Gasteiger partial charge in [-0.05, 0) is 35.9 Å². The summed E-state index contributed by atoms with van der Waals surface area (Å²) in [4.78, 5) is 68.6. The highest BCUT2D eigenvalue weighted by molar-refractivity contribution is 6.02. The van der Waals surface area contributed by atoms with Gasteiger partial charge in [0.25, 0.3) is 23.4 Å². The number of rotatable bonds is 8. The summed E-state index contributed by atoms with van der Waals surface area (Å²) in [6, 6.07) is 11.8. The molecule has 0 aliphatic carbocycles. The van der Waals surface area contributed by atoms with Gasteiger partial charge in [-0.1, -0.05) is 18.2 Å². The number of pyridine rings is 1. The molecule has 3 amide bonds. The van der Waals surface area contributed by atoms with Gasteiger partial charge in [-0.25, -0.2) is 4.39 Å². The zero-order chi connectivity index (χ0) is 28.1. The molecule has 1 aliphatic heterocycles. The minimum Gasteiger partial charge on any atom is -0.481 e. The SMILES string of the molecule is O=C(O)CC(NC(=O)C1N(C(=O)c2cccnc2)CCN1C(=O)c1cccc(F)c1)c1cccc([N+](=O)[O-])c1. The third-order valence-corrected chi connectivity index (χ3v) is 6.09. The highest BCUT2D eigenvalue weighted by Crippen LogP contribution is 2.25. The normalized spacial score (nSPS) is 15.5. The van der Waals surface area contributed by atoms with Crippen LogP contribution in [0, 0.1) is 15.9 Å². The number of nitrogens with one attached hydrogen (secondary N) is 1. The second-order valence-electron chi connectivity index (χ2n) is 8.63. The van der Waals surface area contributed by atoms with E-state index < -0.39 is 53.1 Å². The van der Waals surface area contributed by atoms with Crippen LogP contribution in [0.1, 0.15) is 38.7 Å². The lowest BCUT2D eigenvalue weighted by molar-refractivity contribution is -0.384. The smallest absolute Gasteiger partial charge is 0.305 e. The number of amides is 3. The van der Waals surface area contributed by atoms with Gasteiger partial charge in [-0.15, -0.1) is 0 Å². The van der Waals surface area contributed by atoms with Crippen molar-refractivity contribution in [2.45, 2.75) is 18.6 Å². The van der Waals surface area contributed by atoms with Crippen molar-refractivity contribution in [1.29, 1.82) is 0 Å². The van der Waals surface area contributed by atoms with E-state index in [0.717, 1.165) is 28.0 Å². The maximum atomic E-state index is 13.8. The van der Waals surface area contributed by atoms with Crippen LogP contribution >= 0.6 is 0 Å². The summed E-state index contributed by atoms with van der Waals surface area (Å²) < 4.78 is 13.8. The molecule has 2 atom stereocenters. The molecular weight excluding hydrogens is 513 g/mol. The molecule has 0 radical (unpaired) electrons. The predicted molar refractivity (Wildman–Crippen MR) is 133 cm³/mol. The number of carbonyl (C=O) groups is 4. The Morgan fingerprint density at radius 1 is 1.03 bits per heavy atom. The van der Waals surface area contributed by atoms with Crippen LogP contribution in [0.25, 0.3) is 0 Å². The standard InChI is InChI=1S/C26H22FN5O7/c27-19-7-1-5-17(12-19)25(36)30-10-11-31(26(37)18-6-3-9-28-15-18)24(30)23(35)29-21(14-22(33)34)16-4-2-8-20(13-16)32(38)39/h1-9,12-13,15,21,24H,10-11,14H2,(H,29,35)(H,33,34). The van der Waals surface area contributed by atoms with Crippen molar-refractivity contribution < 1.29 is 33.6 Å². The fourth-order valence-electron chi connectivity index (χ4n) is 4.31. The van der Waals surface area contributed by atoms with Crippen molar-refractivity contribution >= 4 is 29.4 Å². The Morgan fingerprint density at radius 2 is 1.69 bits per heavy atom. The Kier molecular flexibility index (Phi) is 7.89. The summed E-state index contributed by atoms with van der Waals surface area (Å²) >= 11 is 0. The topological polar surface area (TPSA) is 163 Å². The second-order valence-corrected chi connectivity index (χ2v) is 8.63. The first-order chi connectivity index (χ1) is 18.7. The number of hydrogen-bond donors (Lipinski definition) is 2. The van der Waals surface area contributed by atoms with Gasteiger partial charge >= 0.3 is 5.97 Å². The third-order valence-electron chi connectivity index (χ3n) is 6.09. The van der Waals surface area contributed by atoms with E-state index >= 15 is 0 Å². The summed E-state index contributed by atoms with van der Waals surface area (Å²) in [7, 11) is 0. The number of carboxylic acids is 1. The molecule has 1 fully saturated rings. The molecule has 13 heteroatoms. The van der Waals surface area contributed by atoms with Gasteiger partial charge in [0, 0.05) is 43.2 Å². The molecule has 2 heterocycles. The van der Waals surface area contributed by atoms with Crippen LogP contribution in [0.2, 0.25) is 0 Å². The molecule has 1 saturated heterocycles. The van der Waals surface area contributed by atoms with Gasteiger partial charge in [-0.2, -0.15) is 0 Å². The Hall–Kier alpha value is -5.20. The lowest BCUT2D eigenvalue weighted by atomic mass is 10.0. The molecule has 1 aromatic heterocycles. The minimum absolute atomic E-state index is 0.0483. The van der Waals surface area contributed by atoms with Gasteiger partial charge < -0.3 is 20.2 Å². The summed E-state index contributed by atoms with van der Waals surface area (Å²) in [5.41, 5.74) is -0.0687. The summed E-state index contributed by atoms with van der Waals surface area (Å²) in [5.74, 6) is -4.19. The van der Waals surface area contributed by atoms with Gasteiger partial charge in [0.2, 0.25) is 0 Å². The number of aromatic nitrogens is 1. The Morgan fingerprint density at radius 3 is 2.31 bits per heavy atom. The number of halogens is 1. The van der Waals surface area contributed by atoms with Crippen LogP contribution in [0.15, 0.2) is 73.1 Å². The molecule has 4 rings (SSSR count). The molecule has 12 nitrogen and oxygen atoms in total. The summed E-state index contributed by atoms with van der Waals surface area (Å²) in [6.07, 6.45) is 0.599. The highest BCUT2D eigenvalue weighted by Gasteiger charge is 2.44. The summed E-state index contributed by atoms with van der Waals surface area (Å²) in [6.45, 7) is -0.118. The van der Waals surface area contributed by atoms with E-state index in [1.54, 1.807) is 0 Å². The van der Waals surface area contributed by atoms with Crippen molar-refractivity contribution in [2.24, 2.45) is 0 Å². The fraction of sp³-hybridized carbons (Fsp3) is 0.192. The van der Waals surface area contributed by atoms with Crippen molar-refractivity contribution in [3.63, 3.8) is 0 Å². The largest absolute Gasteiger partial charge is 0.481 e. The average molecular weight is 535 g/mol. The molecule has 2 aromatic carbocycles. The molecule has 2 unspecified atom stereocenters. The number of aliphatic carboxylic acids is 1. The zero-order valence-corrected chi connectivity index (χ0v) is 20.3. The van der Waals surface area contributed by atoms with Gasteiger partial charge in [0.05, 0.1) is 22.9 Å². The van der Waals surface area contributed by atoms with Crippen molar-refractivity contribution in [1.82, 2.24) is 20.1 Å². The molecular formula is C26H22FN5O7. The molecule has 0 spiro atoms. The monoisotopic (exact) mass is 535 g/mol. The van der Waals surface area contributed by atoms with Crippen LogP contribution in [-0.4, -0.2) is 67.8 Å². The van der Waals surface area contributed by atoms with E-state index in [-0.39, 0.29) is 35.5 Å². The van der Waals surface area contributed by atoms with E-state index in [4.69, 9.17) is 0 Å². The van der Waals surface area contributed by atoms with Crippen LogP contribution in [0.5, 0.6) is 0 Å². The first-order valence-electron chi connectivity index (χ1n) is 11.7. The number of hydrogen-bond acceptors (Lipinski definition) is 7. The highest BCUT2D eigenvalue weighted by atomic mass is 19.1. The maximum Gasteiger partial charge on any atom is 0.305 e. The van der Waals surface area contributed by atoms with Crippen molar-refractivity contribution in [3.05, 3.63) is 106 Å². The van der Waals surface area contributed by atoms with Crippen LogP contribution in [0.3, 0.4) is 0 Å². The van der Waals surface area contributed by atoms with E-state index in [9.17, 15) is 38.8 Å². The third kappa shape index (κ3) is 6.04. The number of nitro groups is 1. The summed E-state index contributed by atoms with van der Waals surface area (Å²) in [5, 5.41) is 23.2. The van der Waals surface area contributed by atoms with Crippen molar-refractivity contribution in [2.75, 3.05) is 13.1 Å². The Labute approximate surface area is 220 Å². The number of nitrogens with zero attached hydrogens (tertiary/aromatic N) is 4. The van der Waals surface area contributed by atoms with E-state index in [2.05, 4.69) is 10.3 Å². The first kappa shape index (κ1) is 26.9.